The van der Waals surface area contributed by atoms with Crippen molar-refractivity contribution in [3.8, 4) is 11.5 Å². The van der Waals surface area contributed by atoms with E-state index in [1.807, 2.05) is 24.3 Å². The zero-order valence-corrected chi connectivity index (χ0v) is 20.3. The summed E-state index contributed by atoms with van der Waals surface area (Å²) < 4.78 is 12.0. The fourth-order valence-electron chi connectivity index (χ4n) is 4.27. The van der Waals surface area contributed by atoms with Gasteiger partial charge in [-0.25, -0.2) is 0 Å². The summed E-state index contributed by atoms with van der Waals surface area (Å²) in [4.78, 5) is 30.0. The molecular formula is C25H27BrN2O5. The second kappa shape index (κ2) is 9.97. The molecule has 2 aromatic carbocycles. The van der Waals surface area contributed by atoms with Crippen LogP contribution in [0.3, 0.4) is 0 Å². The van der Waals surface area contributed by atoms with Gasteiger partial charge in [-0.1, -0.05) is 41.9 Å². The first-order valence-electron chi connectivity index (χ1n) is 11.1. The second-order valence-electron chi connectivity index (χ2n) is 7.93. The van der Waals surface area contributed by atoms with E-state index < -0.39 is 17.7 Å². The molecule has 174 valence electrons. The van der Waals surface area contributed by atoms with E-state index in [1.165, 1.54) is 0 Å². The molecule has 0 aliphatic carbocycles. The van der Waals surface area contributed by atoms with Crippen LogP contribution in [0, 0.1) is 0 Å². The summed E-state index contributed by atoms with van der Waals surface area (Å²) in [6, 6.07) is 11.8. The summed E-state index contributed by atoms with van der Waals surface area (Å²) in [6.07, 6.45) is 0. The van der Waals surface area contributed by atoms with Gasteiger partial charge in [-0.3, -0.25) is 9.59 Å². The molecule has 2 aliphatic rings. The highest BCUT2D eigenvalue weighted by Crippen LogP contribution is 2.41. The summed E-state index contributed by atoms with van der Waals surface area (Å²) in [7, 11) is 0. The Morgan fingerprint density at radius 2 is 1.82 bits per heavy atom. The van der Waals surface area contributed by atoms with Gasteiger partial charge >= 0.3 is 0 Å². The molecule has 7 nitrogen and oxygen atoms in total. The summed E-state index contributed by atoms with van der Waals surface area (Å²) in [5.74, 6) is -0.431. The van der Waals surface area contributed by atoms with Gasteiger partial charge in [0.2, 0.25) is 0 Å². The van der Waals surface area contributed by atoms with Crippen molar-refractivity contribution in [3.63, 3.8) is 0 Å². The average molecular weight is 515 g/mol. The molecule has 4 rings (SSSR count). The van der Waals surface area contributed by atoms with Crippen molar-refractivity contribution >= 4 is 33.4 Å². The van der Waals surface area contributed by atoms with E-state index in [9.17, 15) is 14.7 Å². The Morgan fingerprint density at radius 1 is 1.09 bits per heavy atom. The minimum Gasteiger partial charge on any atom is -0.507 e. The molecule has 0 saturated carbocycles. The fraction of sp³-hybridized carbons (Fsp3) is 0.360. The highest BCUT2D eigenvalue weighted by Gasteiger charge is 2.46. The summed E-state index contributed by atoms with van der Waals surface area (Å²) in [5.41, 5.74) is 1.23. The number of fused-ring (bicyclic) bond motifs is 1. The molecule has 2 heterocycles. The molecule has 1 amide bonds. The quantitative estimate of drug-likeness (QED) is 0.342. The predicted octanol–water partition coefficient (Wildman–Crippen LogP) is 3.98. The Labute approximate surface area is 201 Å². The largest absolute Gasteiger partial charge is 0.507 e. The van der Waals surface area contributed by atoms with Crippen molar-refractivity contribution in [2.45, 2.75) is 19.9 Å². The van der Waals surface area contributed by atoms with Gasteiger partial charge in [0.25, 0.3) is 11.7 Å². The van der Waals surface area contributed by atoms with E-state index in [2.05, 4.69) is 34.7 Å². The van der Waals surface area contributed by atoms with Gasteiger partial charge in [-0.05, 0) is 49.0 Å². The van der Waals surface area contributed by atoms with Crippen molar-refractivity contribution < 1.29 is 24.2 Å². The molecule has 0 aromatic heterocycles. The number of halogens is 1. The monoisotopic (exact) mass is 514 g/mol. The van der Waals surface area contributed by atoms with Crippen LogP contribution in [0.15, 0.2) is 52.5 Å². The van der Waals surface area contributed by atoms with Crippen molar-refractivity contribution in [3.05, 3.63) is 63.6 Å². The van der Waals surface area contributed by atoms with E-state index in [0.717, 1.165) is 23.1 Å². The molecule has 0 bridgehead atoms. The lowest BCUT2D eigenvalue weighted by Gasteiger charge is -2.28. The number of ether oxygens (including phenoxy) is 2. The third-order valence-electron chi connectivity index (χ3n) is 6.07. The van der Waals surface area contributed by atoms with Crippen LogP contribution >= 0.6 is 15.9 Å². The number of ketones is 1. The van der Waals surface area contributed by atoms with Crippen LogP contribution in [-0.4, -0.2) is 66.0 Å². The van der Waals surface area contributed by atoms with Crippen LogP contribution in [0.25, 0.3) is 5.76 Å². The number of aliphatic hydroxyl groups excluding tert-OH is 1. The highest BCUT2D eigenvalue weighted by molar-refractivity contribution is 9.10. The number of aliphatic hydroxyl groups is 1. The maximum Gasteiger partial charge on any atom is 0.295 e. The average Bonchev–Trinajstić information content (AvgIpc) is 3.09. The molecule has 1 fully saturated rings. The fourth-order valence-corrected chi connectivity index (χ4v) is 4.69. The van der Waals surface area contributed by atoms with E-state index in [-0.39, 0.29) is 11.3 Å². The van der Waals surface area contributed by atoms with Crippen molar-refractivity contribution in [2.75, 3.05) is 39.4 Å². The van der Waals surface area contributed by atoms with Gasteiger partial charge < -0.3 is 24.4 Å². The normalized spacial score (nSPS) is 19.4. The van der Waals surface area contributed by atoms with Gasteiger partial charge in [-0.15, -0.1) is 0 Å². The number of rotatable bonds is 7. The van der Waals surface area contributed by atoms with Crippen LogP contribution in [0.4, 0.5) is 0 Å². The molecule has 2 aromatic rings. The molecule has 2 aliphatic heterocycles. The lowest BCUT2D eigenvalue weighted by molar-refractivity contribution is -0.140. The van der Waals surface area contributed by atoms with Crippen LogP contribution < -0.4 is 9.47 Å². The van der Waals surface area contributed by atoms with Crippen LogP contribution in [0.5, 0.6) is 11.5 Å². The topological polar surface area (TPSA) is 79.3 Å². The zero-order valence-electron chi connectivity index (χ0n) is 18.7. The maximum absolute atomic E-state index is 13.2. The Balaban J connectivity index is 1.79. The first-order valence-corrected chi connectivity index (χ1v) is 11.9. The van der Waals surface area contributed by atoms with Crippen molar-refractivity contribution in [2.24, 2.45) is 0 Å². The van der Waals surface area contributed by atoms with Crippen molar-refractivity contribution in [1.82, 2.24) is 9.80 Å². The van der Waals surface area contributed by atoms with Crippen LogP contribution in [-0.2, 0) is 9.59 Å². The van der Waals surface area contributed by atoms with E-state index >= 15 is 0 Å². The Kier molecular flexibility index (Phi) is 7.05. The standard InChI is InChI=1S/C25H27BrN2O5/c1-3-27(4-2)10-11-28-22(16-6-5-7-18(26)14-16)21(24(30)25(28)31)23(29)17-8-9-19-20(15-17)33-13-12-32-19/h5-9,14-15,22,29H,3-4,10-13H2,1-2H3/b23-21+. The second-order valence-corrected chi connectivity index (χ2v) is 8.85. The highest BCUT2D eigenvalue weighted by atomic mass is 79.9. The lowest BCUT2D eigenvalue weighted by Crippen LogP contribution is -2.38. The predicted molar refractivity (Wildman–Crippen MR) is 128 cm³/mol. The third kappa shape index (κ3) is 4.63. The number of carbonyl (C=O) groups excluding carboxylic acids is 2. The minimum absolute atomic E-state index is 0.0781. The molecule has 1 saturated heterocycles. The first-order chi connectivity index (χ1) is 15.9. The number of Topliss-reactive ketones (excluding diaryl/α,β-unsaturated/α-hetero) is 1. The number of hydrogen-bond acceptors (Lipinski definition) is 6. The Bertz CT molecular complexity index is 1100. The molecule has 0 spiro atoms. The number of amides is 1. The van der Waals surface area contributed by atoms with Crippen LogP contribution in [0.1, 0.15) is 31.0 Å². The van der Waals surface area contributed by atoms with E-state index in [1.54, 1.807) is 23.1 Å². The van der Waals surface area contributed by atoms with E-state index in [0.29, 0.717) is 43.4 Å². The molecule has 33 heavy (non-hydrogen) atoms. The summed E-state index contributed by atoms with van der Waals surface area (Å²) in [6.45, 7) is 7.69. The van der Waals surface area contributed by atoms with Gasteiger partial charge in [0, 0.05) is 23.1 Å². The number of likely N-dealkylation sites (tertiary alicyclic amines) is 1. The number of hydrogen-bond donors (Lipinski definition) is 1. The lowest BCUT2D eigenvalue weighted by atomic mass is 9.95. The Hall–Kier alpha value is -2.84. The minimum atomic E-state index is -0.689. The number of likely N-dealkylation sites (N-methyl/N-ethyl adjacent to an activating group) is 1. The number of benzene rings is 2. The van der Waals surface area contributed by atoms with Gasteiger partial charge in [0.15, 0.2) is 11.5 Å². The number of carbonyl (C=O) groups is 2. The maximum atomic E-state index is 13.2. The zero-order chi connectivity index (χ0) is 23.5. The molecule has 1 atom stereocenters. The summed E-state index contributed by atoms with van der Waals surface area (Å²) >= 11 is 3.48. The molecular weight excluding hydrogens is 488 g/mol. The van der Waals surface area contributed by atoms with Crippen molar-refractivity contribution in [1.29, 1.82) is 0 Å². The number of nitrogens with zero attached hydrogens (tertiary/aromatic N) is 2. The SMILES string of the molecule is CCN(CC)CCN1C(=O)C(=O)/C(=C(/O)c2ccc3c(c2)OCCO3)C1c1cccc(Br)c1. The molecule has 1 N–H and O–H groups in total. The molecule has 1 unspecified atom stereocenters. The first kappa shape index (κ1) is 23.3. The van der Waals surface area contributed by atoms with Crippen LogP contribution in [0.2, 0.25) is 0 Å². The molecule has 8 heteroatoms. The molecule has 0 radical (unpaired) electrons. The van der Waals surface area contributed by atoms with Gasteiger partial charge in [0.1, 0.15) is 19.0 Å². The Morgan fingerprint density at radius 3 is 2.52 bits per heavy atom. The summed E-state index contributed by atoms with van der Waals surface area (Å²) in [5, 5.41) is 11.3. The smallest absolute Gasteiger partial charge is 0.295 e. The van der Waals surface area contributed by atoms with Gasteiger partial charge in [-0.2, -0.15) is 0 Å². The van der Waals surface area contributed by atoms with E-state index in [4.69, 9.17) is 9.47 Å². The van der Waals surface area contributed by atoms with Gasteiger partial charge in [0.05, 0.1) is 11.6 Å². The third-order valence-corrected chi connectivity index (χ3v) is 6.56.